The second kappa shape index (κ2) is 6.43. The summed E-state index contributed by atoms with van der Waals surface area (Å²) >= 11 is 0. The highest BCUT2D eigenvalue weighted by Crippen LogP contribution is 2.45. The lowest BCUT2D eigenvalue weighted by molar-refractivity contribution is -0.129. The Morgan fingerprint density at radius 3 is 2.58 bits per heavy atom. The van der Waals surface area contributed by atoms with Crippen LogP contribution in [-0.2, 0) is 10.2 Å². The summed E-state index contributed by atoms with van der Waals surface area (Å²) in [6, 6.07) is 10.1. The van der Waals surface area contributed by atoms with Crippen molar-refractivity contribution in [3.05, 3.63) is 35.9 Å². The number of amides is 3. The van der Waals surface area contributed by atoms with E-state index < -0.39 is 0 Å². The molecular weight excluding hydrogens is 304 g/mol. The zero-order chi connectivity index (χ0) is 17.3. The number of nitrogens with two attached hydrogens (primary N) is 1. The molecule has 6 nitrogen and oxygen atoms in total. The van der Waals surface area contributed by atoms with E-state index in [1.807, 2.05) is 6.07 Å². The van der Waals surface area contributed by atoms with Crippen LogP contribution >= 0.6 is 0 Å². The molecule has 6 heteroatoms. The zero-order valence-corrected chi connectivity index (χ0v) is 14.4. The van der Waals surface area contributed by atoms with Crippen molar-refractivity contribution in [3.63, 3.8) is 0 Å². The molecule has 0 saturated carbocycles. The maximum absolute atomic E-state index is 12.1. The van der Waals surface area contributed by atoms with Gasteiger partial charge in [-0.05, 0) is 12.0 Å². The van der Waals surface area contributed by atoms with Crippen molar-refractivity contribution >= 4 is 11.9 Å². The van der Waals surface area contributed by atoms with Crippen molar-refractivity contribution in [1.82, 2.24) is 14.7 Å². The van der Waals surface area contributed by atoms with Gasteiger partial charge >= 0.3 is 6.03 Å². The summed E-state index contributed by atoms with van der Waals surface area (Å²) in [5, 5.41) is 0. The first-order chi connectivity index (χ1) is 11.4. The number of nitrogens with zero attached hydrogens (tertiary/aromatic N) is 3. The van der Waals surface area contributed by atoms with Gasteiger partial charge in [0.1, 0.15) is 0 Å². The standard InChI is InChI=1S/C18H26N4O2/c1-20(2)16(23)12-21-10-15-11-22(17(19)24)9-8-18(15,13-21)14-6-4-3-5-7-14/h3-7,15H,8-13H2,1-2H3,(H2,19,24). The molecule has 2 heterocycles. The Kier molecular flexibility index (Phi) is 4.49. The monoisotopic (exact) mass is 330 g/mol. The average molecular weight is 330 g/mol. The molecule has 1 aromatic rings. The first-order valence-electron chi connectivity index (χ1n) is 8.45. The van der Waals surface area contributed by atoms with Crippen molar-refractivity contribution in [2.75, 3.05) is 46.8 Å². The minimum absolute atomic E-state index is 0.000196. The summed E-state index contributed by atoms with van der Waals surface area (Å²) in [6.45, 7) is 3.44. The van der Waals surface area contributed by atoms with Gasteiger partial charge in [-0.3, -0.25) is 9.69 Å². The summed E-state index contributed by atoms with van der Waals surface area (Å²) in [6.07, 6.45) is 0.886. The van der Waals surface area contributed by atoms with E-state index in [4.69, 9.17) is 5.73 Å². The van der Waals surface area contributed by atoms with Crippen LogP contribution in [0.3, 0.4) is 0 Å². The molecule has 0 aliphatic carbocycles. The first kappa shape index (κ1) is 16.8. The van der Waals surface area contributed by atoms with Crippen LogP contribution in [0.15, 0.2) is 30.3 Å². The van der Waals surface area contributed by atoms with Crippen LogP contribution in [-0.4, -0.2) is 73.5 Å². The van der Waals surface area contributed by atoms with Crippen molar-refractivity contribution in [2.24, 2.45) is 11.7 Å². The van der Waals surface area contributed by atoms with Crippen LogP contribution in [0.4, 0.5) is 4.79 Å². The van der Waals surface area contributed by atoms with Crippen LogP contribution in [0.5, 0.6) is 0 Å². The smallest absolute Gasteiger partial charge is 0.314 e. The number of fused-ring (bicyclic) bond motifs is 1. The van der Waals surface area contributed by atoms with Gasteiger partial charge in [0.05, 0.1) is 6.54 Å². The minimum Gasteiger partial charge on any atom is -0.351 e. The Bertz CT molecular complexity index is 619. The molecule has 0 radical (unpaired) electrons. The Morgan fingerprint density at radius 1 is 1.25 bits per heavy atom. The maximum Gasteiger partial charge on any atom is 0.314 e. The molecule has 2 unspecified atom stereocenters. The molecule has 2 atom stereocenters. The number of hydrogen-bond acceptors (Lipinski definition) is 3. The van der Waals surface area contributed by atoms with Crippen LogP contribution in [0, 0.1) is 5.92 Å². The number of urea groups is 1. The van der Waals surface area contributed by atoms with E-state index in [1.165, 1.54) is 5.56 Å². The Hall–Kier alpha value is -2.08. The molecule has 0 spiro atoms. The predicted molar refractivity (Wildman–Crippen MR) is 92.5 cm³/mol. The number of hydrogen-bond donors (Lipinski definition) is 1. The topological polar surface area (TPSA) is 69.9 Å². The highest BCUT2D eigenvalue weighted by Gasteiger charge is 2.51. The molecular formula is C18H26N4O2. The van der Waals surface area contributed by atoms with E-state index >= 15 is 0 Å². The lowest BCUT2D eigenvalue weighted by atomic mass is 9.68. The third-order valence-corrected chi connectivity index (χ3v) is 5.55. The highest BCUT2D eigenvalue weighted by molar-refractivity contribution is 5.77. The van der Waals surface area contributed by atoms with E-state index in [0.29, 0.717) is 25.6 Å². The van der Waals surface area contributed by atoms with Crippen LogP contribution < -0.4 is 5.73 Å². The molecule has 0 bridgehead atoms. The number of carbonyl (C=O) groups excluding carboxylic acids is 2. The summed E-state index contributed by atoms with van der Waals surface area (Å²) in [7, 11) is 3.57. The fourth-order valence-corrected chi connectivity index (χ4v) is 4.18. The third-order valence-electron chi connectivity index (χ3n) is 5.55. The molecule has 0 aromatic heterocycles. The summed E-state index contributed by atoms with van der Waals surface area (Å²) < 4.78 is 0. The Balaban J connectivity index is 1.86. The van der Waals surface area contributed by atoms with E-state index in [-0.39, 0.29) is 17.4 Å². The van der Waals surface area contributed by atoms with Gasteiger partial charge < -0.3 is 15.5 Å². The summed E-state index contributed by atoms with van der Waals surface area (Å²) in [5.41, 5.74) is 6.80. The van der Waals surface area contributed by atoms with E-state index in [9.17, 15) is 9.59 Å². The number of benzene rings is 1. The number of rotatable bonds is 3. The van der Waals surface area contributed by atoms with Gasteiger partial charge in [-0.2, -0.15) is 0 Å². The Morgan fingerprint density at radius 2 is 1.96 bits per heavy atom. The van der Waals surface area contributed by atoms with E-state index in [2.05, 4.69) is 29.2 Å². The quantitative estimate of drug-likeness (QED) is 0.888. The van der Waals surface area contributed by atoms with Crippen molar-refractivity contribution in [3.8, 4) is 0 Å². The number of primary amides is 1. The molecule has 2 N–H and O–H groups in total. The Labute approximate surface area is 143 Å². The van der Waals surface area contributed by atoms with Crippen LogP contribution in [0.1, 0.15) is 12.0 Å². The summed E-state index contributed by atoms with van der Waals surface area (Å²) in [5.74, 6) is 0.416. The van der Waals surface area contributed by atoms with Crippen molar-refractivity contribution in [2.45, 2.75) is 11.8 Å². The molecule has 3 rings (SSSR count). The largest absolute Gasteiger partial charge is 0.351 e. The van der Waals surface area contributed by atoms with Crippen LogP contribution in [0.2, 0.25) is 0 Å². The zero-order valence-electron chi connectivity index (χ0n) is 14.4. The van der Waals surface area contributed by atoms with Gasteiger partial charge in [0, 0.05) is 51.6 Å². The third kappa shape index (κ3) is 2.98. The number of carbonyl (C=O) groups is 2. The molecule has 2 saturated heterocycles. The van der Waals surface area contributed by atoms with Crippen molar-refractivity contribution in [1.29, 1.82) is 0 Å². The minimum atomic E-state index is -0.348. The normalized spacial score (nSPS) is 26.9. The molecule has 3 amide bonds. The van der Waals surface area contributed by atoms with Gasteiger partial charge in [-0.1, -0.05) is 30.3 Å². The maximum atomic E-state index is 12.1. The van der Waals surface area contributed by atoms with Gasteiger partial charge in [0.15, 0.2) is 0 Å². The molecule has 2 aliphatic heterocycles. The van der Waals surface area contributed by atoms with Gasteiger partial charge in [-0.15, -0.1) is 0 Å². The molecule has 2 fully saturated rings. The van der Waals surface area contributed by atoms with Gasteiger partial charge in [-0.25, -0.2) is 4.79 Å². The SMILES string of the molecule is CN(C)C(=O)CN1CC2CN(C(N)=O)CCC2(c2ccccc2)C1. The second-order valence-electron chi connectivity index (χ2n) is 7.21. The molecule has 2 aliphatic rings. The number of likely N-dealkylation sites (tertiary alicyclic amines) is 2. The van der Waals surface area contributed by atoms with E-state index in [1.54, 1.807) is 23.9 Å². The molecule has 1 aromatic carbocycles. The lowest BCUT2D eigenvalue weighted by Gasteiger charge is -2.43. The van der Waals surface area contributed by atoms with Crippen LogP contribution in [0.25, 0.3) is 0 Å². The van der Waals surface area contributed by atoms with Gasteiger partial charge in [0.2, 0.25) is 5.91 Å². The first-order valence-corrected chi connectivity index (χ1v) is 8.45. The lowest BCUT2D eigenvalue weighted by Crippen LogP contribution is -2.52. The van der Waals surface area contributed by atoms with Crippen molar-refractivity contribution < 1.29 is 9.59 Å². The fourth-order valence-electron chi connectivity index (χ4n) is 4.18. The van der Waals surface area contributed by atoms with Gasteiger partial charge in [0.25, 0.3) is 0 Å². The van der Waals surface area contributed by atoms with E-state index in [0.717, 1.165) is 19.5 Å². The fraction of sp³-hybridized carbons (Fsp3) is 0.556. The predicted octanol–water partition coefficient (Wildman–Crippen LogP) is 0.729. The number of likely N-dealkylation sites (N-methyl/N-ethyl adjacent to an activating group) is 1. The summed E-state index contributed by atoms with van der Waals surface area (Å²) in [4.78, 5) is 29.3. The average Bonchev–Trinajstić information content (AvgIpc) is 2.93. The number of piperidine rings is 1. The molecule has 130 valence electrons. The molecule has 24 heavy (non-hydrogen) atoms. The highest BCUT2D eigenvalue weighted by atomic mass is 16.2. The second-order valence-corrected chi connectivity index (χ2v) is 7.21.